The summed E-state index contributed by atoms with van der Waals surface area (Å²) >= 11 is 1.64. The number of nitrogens with zero attached hydrogens (tertiary/aromatic N) is 2. The molecule has 4 nitrogen and oxygen atoms in total. The second-order valence-electron chi connectivity index (χ2n) is 5.63. The molecule has 0 atom stereocenters. The van der Waals surface area contributed by atoms with Crippen molar-refractivity contribution in [3.05, 3.63) is 29.0 Å². The summed E-state index contributed by atoms with van der Waals surface area (Å²) in [5.74, 6) is 1.60. The molecule has 0 amide bonds. The van der Waals surface area contributed by atoms with Gasteiger partial charge in [-0.15, -0.1) is 11.3 Å². The third kappa shape index (κ3) is 3.36. The van der Waals surface area contributed by atoms with Crippen molar-refractivity contribution in [2.24, 2.45) is 0 Å². The van der Waals surface area contributed by atoms with Gasteiger partial charge in [-0.3, -0.25) is 4.90 Å². The molecule has 5 heteroatoms. The molecule has 0 spiro atoms. The van der Waals surface area contributed by atoms with E-state index < -0.39 is 0 Å². The largest absolute Gasteiger partial charge is 0.440 e. The second kappa shape index (κ2) is 6.73. The smallest absolute Gasteiger partial charge is 0.236 e. The predicted octanol–water partition coefficient (Wildman–Crippen LogP) is 3.45. The van der Waals surface area contributed by atoms with Gasteiger partial charge in [-0.2, -0.15) is 0 Å². The summed E-state index contributed by atoms with van der Waals surface area (Å²) in [6.45, 7) is 3.66. The molecular formula is C16H22N2O2S. The Bertz CT molecular complexity index is 559. The maximum absolute atomic E-state index is 9.32. The Morgan fingerprint density at radius 1 is 1.43 bits per heavy atom. The highest BCUT2D eigenvalue weighted by Crippen LogP contribution is 2.28. The lowest BCUT2D eigenvalue weighted by atomic mass is 10.2. The lowest BCUT2D eigenvalue weighted by Crippen LogP contribution is -2.35. The first-order valence-electron chi connectivity index (χ1n) is 7.63. The van der Waals surface area contributed by atoms with Crippen LogP contribution in [0.2, 0.25) is 0 Å². The average Bonchev–Trinajstić information content (AvgIpc) is 3.20. The molecule has 0 bridgehead atoms. The van der Waals surface area contributed by atoms with E-state index in [2.05, 4.69) is 9.88 Å². The summed E-state index contributed by atoms with van der Waals surface area (Å²) in [6, 6.07) is 4.62. The summed E-state index contributed by atoms with van der Waals surface area (Å²) in [7, 11) is 0. The minimum Gasteiger partial charge on any atom is -0.440 e. The minimum absolute atomic E-state index is 0.200. The van der Waals surface area contributed by atoms with E-state index in [4.69, 9.17) is 4.42 Å². The van der Waals surface area contributed by atoms with Crippen molar-refractivity contribution in [3.63, 3.8) is 0 Å². The molecule has 21 heavy (non-hydrogen) atoms. The van der Waals surface area contributed by atoms with Crippen LogP contribution >= 0.6 is 11.3 Å². The van der Waals surface area contributed by atoms with E-state index in [-0.39, 0.29) is 6.61 Å². The van der Waals surface area contributed by atoms with Gasteiger partial charge in [0.05, 0.1) is 17.2 Å². The Morgan fingerprint density at radius 2 is 2.24 bits per heavy atom. The maximum atomic E-state index is 9.32. The first-order chi connectivity index (χ1) is 10.3. The Kier molecular flexibility index (Phi) is 4.73. The van der Waals surface area contributed by atoms with E-state index in [1.807, 2.05) is 24.4 Å². The highest BCUT2D eigenvalue weighted by Gasteiger charge is 2.24. The summed E-state index contributed by atoms with van der Waals surface area (Å²) in [6.07, 6.45) is 5.05. The highest BCUT2D eigenvalue weighted by atomic mass is 32.1. The quantitative estimate of drug-likeness (QED) is 0.888. The van der Waals surface area contributed by atoms with Gasteiger partial charge in [-0.1, -0.05) is 18.9 Å². The molecule has 0 aromatic carbocycles. The average molecular weight is 306 g/mol. The van der Waals surface area contributed by atoms with Crippen molar-refractivity contribution in [2.45, 2.75) is 45.2 Å². The zero-order valence-corrected chi connectivity index (χ0v) is 13.2. The van der Waals surface area contributed by atoms with Gasteiger partial charge in [0.1, 0.15) is 5.76 Å². The summed E-state index contributed by atoms with van der Waals surface area (Å²) in [5.41, 5.74) is 0.999. The number of thiophene rings is 1. The molecule has 0 saturated heterocycles. The molecule has 0 unspecified atom stereocenters. The fourth-order valence-corrected chi connectivity index (χ4v) is 3.71. The van der Waals surface area contributed by atoms with Gasteiger partial charge in [0.2, 0.25) is 5.89 Å². The van der Waals surface area contributed by atoms with Crippen LogP contribution in [0.4, 0.5) is 0 Å². The van der Waals surface area contributed by atoms with Crippen LogP contribution in [0.25, 0.3) is 10.8 Å². The van der Waals surface area contributed by atoms with Gasteiger partial charge < -0.3 is 9.52 Å². The number of aliphatic hydroxyl groups excluding tert-OH is 1. The number of hydrogen-bond acceptors (Lipinski definition) is 5. The first kappa shape index (κ1) is 14.8. The molecule has 2 aromatic heterocycles. The predicted molar refractivity (Wildman–Crippen MR) is 84.3 cm³/mol. The van der Waals surface area contributed by atoms with Crippen molar-refractivity contribution in [2.75, 3.05) is 13.2 Å². The number of hydrogen-bond donors (Lipinski definition) is 1. The number of rotatable bonds is 6. The second-order valence-corrected chi connectivity index (χ2v) is 6.58. The van der Waals surface area contributed by atoms with Crippen LogP contribution in [0, 0.1) is 6.92 Å². The molecule has 1 saturated carbocycles. The minimum atomic E-state index is 0.200. The summed E-state index contributed by atoms with van der Waals surface area (Å²) in [4.78, 5) is 8.09. The molecule has 1 aliphatic rings. The Balaban J connectivity index is 1.76. The van der Waals surface area contributed by atoms with E-state index >= 15 is 0 Å². The van der Waals surface area contributed by atoms with Gasteiger partial charge in [0.15, 0.2) is 0 Å². The third-order valence-corrected chi connectivity index (χ3v) is 5.06. The van der Waals surface area contributed by atoms with Gasteiger partial charge in [0, 0.05) is 19.1 Å². The Labute approximate surface area is 129 Å². The maximum Gasteiger partial charge on any atom is 0.236 e. The topological polar surface area (TPSA) is 49.5 Å². The summed E-state index contributed by atoms with van der Waals surface area (Å²) < 4.78 is 5.81. The van der Waals surface area contributed by atoms with Crippen LogP contribution in [0.3, 0.4) is 0 Å². The van der Waals surface area contributed by atoms with E-state index in [0.717, 1.165) is 22.9 Å². The molecule has 1 N–H and O–H groups in total. The lowest BCUT2D eigenvalue weighted by molar-refractivity contribution is 0.143. The Morgan fingerprint density at radius 3 is 2.90 bits per heavy atom. The normalized spacial score (nSPS) is 16.1. The zero-order chi connectivity index (χ0) is 14.7. The van der Waals surface area contributed by atoms with Crippen molar-refractivity contribution in [3.8, 4) is 10.8 Å². The van der Waals surface area contributed by atoms with Crippen LogP contribution < -0.4 is 0 Å². The van der Waals surface area contributed by atoms with Crippen LogP contribution in [0.15, 0.2) is 21.9 Å². The molecule has 2 aromatic rings. The molecule has 1 fully saturated rings. The molecule has 0 radical (unpaired) electrons. The number of aryl methyl sites for hydroxylation is 1. The van der Waals surface area contributed by atoms with Crippen molar-refractivity contribution >= 4 is 11.3 Å². The van der Waals surface area contributed by atoms with Gasteiger partial charge >= 0.3 is 0 Å². The molecule has 114 valence electrons. The third-order valence-electron chi connectivity index (χ3n) is 4.21. The van der Waals surface area contributed by atoms with Gasteiger partial charge in [-0.25, -0.2) is 4.98 Å². The first-order valence-corrected chi connectivity index (χ1v) is 8.51. The monoisotopic (exact) mass is 306 g/mol. The van der Waals surface area contributed by atoms with Crippen LogP contribution in [0.5, 0.6) is 0 Å². The molecule has 1 aliphatic carbocycles. The van der Waals surface area contributed by atoms with E-state index in [1.165, 1.54) is 25.7 Å². The number of oxazole rings is 1. The Hall–Kier alpha value is -1.17. The zero-order valence-electron chi connectivity index (χ0n) is 12.4. The van der Waals surface area contributed by atoms with E-state index in [0.29, 0.717) is 18.5 Å². The van der Waals surface area contributed by atoms with Crippen molar-refractivity contribution in [1.82, 2.24) is 9.88 Å². The SMILES string of the molecule is Cc1oc(-c2cccs2)nc1CN(CCO)C1CCCC1. The molecule has 2 heterocycles. The summed E-state index contributed by atoms with van der Waals surface area (Å²) in [5, 5.41) is 11.3. The highest BCUT2D eigenvalue weighted by molar-refractivity contribution is 7.13. The van der Waals surface area contributed by atoms with Crippen LogP contribution in [-0.4, -0.2) is 34.2 Å². The number of aromatic nitrogens is 1. The lowest BCUT2D eigenvalue weighted by Gasteiger charge is -2.27. The van der Waals surface area contributed by atoms with Crippen LogP contribution in [-0.2, 0) is 6.54 Å². The van der Waals surface area contributed by atoms with E-state index in [1.54, 1.807) is 11.3 Å². The molecular weight excluding hydrogens is 284 g/mol. The van der Waals surface area contributed by atoms with E-state index in [9.17, 15) is 5.11 Å². The fraction of sp³-hybridized carbons (Fsp3) is 0.562. The fourth-order valence-electron chi connectivity index (χ4n) is 3.06. The molecule has 0 aliphatic heterocycles. The number of aliphatic hydroxyl groups is 1. The van der Waals surface area contributed by atoms with Gasteiger partial charge in [0.25, 0.3) is 0 Å². The van der Waals surface area contributed by atoms with Gasteiger partial charge in [-0.05, 0) is 31.2 Å². The molecule has 3 rings (SSSR count). The van der Waals surface area contributed by atoms with Crippen molar-refractivity contribution < 1.29 is 9.52 Å². The standard InChI is InChI=1S/C16H22N2O2S/c1-12-14(17-16(20-12)15-7-4-10-21-15)11-18(8-9-19)13-5-2-3-6-13/h4,7,10,13,19H,2-3,5-6,8-9,11H2,1H3. The van der Waals surface area contributed by atoms with Crippen LogP contribution in [0.1, 0.15) is 37.1 Å². The van der Waals surface area contributed by atoms with Crippen molar-refractivity contribution in [1.29, 1.82) is 0 Å².